The molecule has 4 heterocycles. The number of carbonyl (C=O) groups excluding carboxylic acids is 1. The molecule has 1 atom stereocenters. The smallest absolute Gasteiger partial charge is 0.262 e. The van der Waals surface area contributed by atoms with Gasteiger partial charge in [0.25, 0.3) is 5.56 Å². The number of thiophene rings is 1. The summed E-state index contributed by atoms with van der Waals surface area (Å²) in [5.41, 5.74) is 1.25. The van der Waals surface area contributed by atoms with Gasteiger partial charge in [-0.25, -0.2) is 4.98 Å². The van der Waals surface area contributed by atoms with Gasteiger partial charge in [-0.1, -0.05) is 0 Å². The highest BCUT2D eigenvalue weighted by Crippen LogP contribution is 2.33. The van der Waals surface area contributed by atoms with Crippen LogP contribution in [0.5, 0.6) is 0 Å². The topological polar surface area (TPSA) is 61.7 Å². The van der Waals surface area contributed by atoms with Crippen molar-refractivity contribution in [3.05, 3.63) is 27.1 Å². The minimum atomic E-state index is 0.0310. The van der Waals surface area contributed by atoms with Gasteiger partial charge in [-0.3, -0.25) is 19.1 Å². The fraction of sp³-hybridized carbons (Fsp3) is 0.696. The van der Waals surface area contributed by atoms with E-state index in [0.717, 1.165) is 62.2 Å². The molecule has 0 N–H and O–H groups in total. The van der Waals surface area contributed by atoms with E-state index in [1.54, 1.807) is 22.2 Å². The fourth-order valence-electron chi connectivity index (χ4n) is 5.49. The van der Waals surface area contributed by atoms with Crippen LogP contribution in [0.25, 0.3) is 10.2 Å². The Labute approximate surface area is 187 Å². The zero-order valence-corrected chi connectivity index (χ0v) is 19.3. The van der Waals surface area contributed by atoms with E-state index >= 15 is 0 Å². The molecule has 1 unspecified atom stereocenters. The summed E-state index contributed by atoms with van der Waals surface area (Å²) in [6.45, 7) is 6.25. The highest BCUT2D eigenvalue weighted by Gasteiger charge is 2.28. The molecule has 2 fully saturated rings. The van der Waals surface area contributed by atoms with Crippen LogP contribution in [0, 0.1) is 0 Å². The van der Waals surface area contributed by atoms with Gasteiger partial charge in [0.2, 0.25) is 5.91 Å². The molecule has 2 saturated heterocycles. The molecule has 31 heavy (non-hydrogen) atoms. The van der Waals surface area contributed by atoms with Gasteiger partial charge >= 0.3 is 0 Å². The maximum Gasteiger partial charge on any atom is 0.262 e. The first-order chi connectivity index (χ1) is 15.1. The third kappa shape index (κ3) is 4.30. The number of likely N-dealkylation sites (N-methyl/N-ethyl adjacent to an activating group) is 1. The molecule has 2 aromatic heterocycles. The van der Waals surface area contributed by atoms with Crippen LogP contribution in [-0.4, -0.2) is 82.5 Å². The zero-order valence-electron chi connectivity index (χ0n) is 18.5. The van der Waals surface area contributed by atoms with Crippen molar-refractivity contribution in [3.63, 3.8) is 0 Å². The van der Waals surface area contributed by atoms with Gasteiger partial charge in [0.15, 0.2) is 0 Å². The van der Waals surface area contributed by atoms with E-state index in [9.17, 15) is 9.59 Å². The SMILES string of the molecule is CN1CCCC(N2CCN(C(=O)CCn3cnc4sc5c(c4c3=O)CCCC5)CC2)C1. The molecular formula is C23H33N5O2S. The van der Waals surface area contributed by atoms with Crippen LogP contribution in [-0.2, 0) is 24.2 Å². The Bertz CT molecular complexity index is 1010. The van der Waals surface area contributed by atoms with Crippen molar-refractivity contribution in [1.29, 1.82) is 0 Å². The lowest BCUT2D eigenvalue weighted by atomic mass is 9.97. The Hall–Kier alpha value is -1.77. The molecule has 3 aliphatic rings. The summed E-state index contributed by atoms with van der Waals surface area (Å²) in [6, 6.07) is 0.629. The van der Waals surface area contributed by atoms with Crippen molar-refractivity contribution in [2.45, 2.75) is 57.5 Å². The average molecular weight is 444 g/mol. The Morgan fingerprint density at radius 2 is 1.94 bits per heavy atom. The minimum absolute atomic E-state index is 0.0310. The number of likely N-dealkylation sites (tertiary alicyclic amines) is 1. The average Bonchev–Trinajstić information content (AvgIpc) is 3.18. The van der Waals surface area contributed by atoms with Gasteiger partial charge in [-0.05, 0) is 57.7 Å². The Morgan fingerprint density at radius 1 is 1.13 bits per heavy atom. The monoisotopic (exact) mass is 443 g/mol. The van der Waals surface area contributed by atoms with Gasteiger partial charge in [0.05, 0.1) is 11.7 Å². The van der Waals surface area contributed by atoms with Crippen LogP contribution in [0.1, 0.15) is 42.5 Å². The van der Waals surface area contributed by atoms with Crippen LogP contribution in [0.15, 0.2) is 11.1 Å². The molecule has 0 spiro atoms. The maximum absolute atomic E-state index is 13.1. The first-order valence-electron chi connectivity index (χ1n) is 11.8. The normalized spacial score (nSPS) is 23.3. The summed E-state index contributed by atoms with van der Waals surface area (Å²) in [5, 5.41) is 0.806. The molecule has 0 radical (unpaired) electrons. The Kier molecular flexibility index (Phi) is 6.12. The van der Waals surface area contributed by atoms with Crippen molar-refractivity contribution < 1.29 is 4.79 Å². The van der Waals surface area contributed by atoms with Crippen LogP contribution in [0.2, 0.25) is 0 Å². The van der Waals surface area contributed by atoms with E-state index < -0.39 is 0 Å². The standard InChI is InChI=1S/C23H33N5O2S/c1-25-9-4-5-17(15-25)26-11-13-27(14-12-26)20(29)8-10-28-16-24-22-21(23(28)30)18-6-2-3-7-19(18)31-22/h16-17H,2-15H2,1H3. The predicted octanol–water partition coefficient (Wildman–Crippen LogP) is 1.97. The minimum Gasteiger partial charge on any atom is -0.340 e. The third-order valence-electron chi connectivity index (χ3n) is 7.29. The molecule has 2 aliphatic heterocycles. The van der Waals surface area contributed by atoms with Crippen molar-refractivity contribution in [2.24, 2.45) is 0 Å². The van der Waals surface area contributed by atoms with E-state index in [1.807, 2.05) is 4.90 Å². The molecule has 0 bridgehead atoms. The second kappa shape index (κ2) is 9.00. The highest BCUT2D eigenvalue weighted by molar-refractivity contribution is 7.18. The fourth-order valence-corrected chi connectivity index (χ4v) is 6.71. The van der Waals surface area contributed by atoms with Crippen molar-refractivity contribution in [3.8, 4) is 0 Å². The number of hydrogen-bond acceptors (Lipinski definition) is 6. The lowest BCUT2D eigenvalue weighted by Gasteiger charge is -2.42. The summed E-state index contributed by atoms with van der Waals surface area (Å²) in [7, 11) is 2.20. The summed E-state index contributed by atoms with van der Waals surface area (Å²) < 4.78 is 1.65. The number of piperazine rings is 1. The van der Waals surface area contributed by atoms with Crippen molar-refractivity contribution in [2.75, 3.05) is 46.3 Å². The van der Waals surface area contributed by atoms with Crippen molar-refractivity contribution in [1.82, 2.24) is 24.3 Å². The van der Waals surface area contributed by atoms with E-state index in [2.05, 4.69) is 21.8 Å². The van der Waals surface area contributed by atoms with Crippen LogP contribution >= 0.6 is 11.3 Å². The summed E-state index contributed by atoms with van der Waals surface area (Å²) >= 11 is 1.67. The molecule has 1 amide bonds. The first kappa shape index (κ1) is 21.1. The molecule has 5 rings (SSSR count). The van der Waals surface area contributed by atoms with E-state index in [0.29, 0.717) is 19.0 Å². The van der Waals surface area contributed by atoms with Gasteiger partial charge in [0, 0.05) is 56.6 Å². The van der Waals surface area contributed by atoms with Gasteiger partial charge in [-0.15, -0.1) is 11.3 Å². The maximum atomic E-state index is 13.1. The quantitative estimate of drug-likeness (QED) is 0.723. The van der Waals surface area contributed by atoms with Crippen LogP contribution in [0.3, 0.4) is 0 Å². The molecule has 2 aromatic rings. The molecule has 8 heteroatoms. The van der Waals surface area contributed by atoms with Crippen LogP contribution in [0.4, 0.5) is 0 Å². The molecule has 7 nitrogen and oxygen atoms in total. The summed E-state index contributed by atoms with van der Waals surface area (Å²) in [5.74, 6) is 0.153. The highest BCUT2D eigenvalue weighted by atomic mass is 32.1. The number of hydrogen-bond donors (Lipinski definition) is 0. The number of aryl methyl sites for hydroxylation is 3. The molecule has 0 aromatic carbocycles. The third-order valence-corrected chi connectivity index (χ3v) is 8.49. The molecular weight excluding hydrogens is 410 g/mol. The number of carbonyl (C=O) groups is 1. The van der Waals surface area contributed by atoms with Gasteiger partial charge < -0.3 is 9.80 Å². The molecule has 168 valence electrons. The number of amides is 1. The van der Waals surface area contributed by atoms with Crippen molar-refractivity contribution >= 4 is 27.5 Å². The second-order valence-electron chi connectivity index (χ2n) is 9.36. The Balaban J connectivity index is 1.19. The lowest BCUT2D eigenvalue weighted by molar-refractivity contribution is -0.133. The van der Waals surface area contributed by atoms with Gasteiger partial charge in [-0.2, -0.15) is 0 Å². The van der Waals surface area contributed by atoms with Gasteiger partial charge in [0.1, 0.15) is 4.83 Å². The van der Waals surface area contributed by atoms with E-state index in [-0.39, 0.29) is 11.5 Å². The largest absolute Gasteiger partial charge is 0.340 e. The molecule has 0 saturated carbocycles. The first-order valence-corrected chi connectivity index (χ1v) is 12.6. The number of fused-ring (bicyclic) bond motifs is 3. The second-order valence-corrected chi connectivity index (χ2v) is 10.4. The number of rotatable bonds is 4. The Morgan fingerprint density at radius 3 is 2.74 bits per heavy atom. The lowest BCUT2D eigenvalue weighted by Crippen LogP contribution is -2.55. The summed E-state index contributed by atoms with van der Waals surface area (Å²) in [4.78, 5) is 39.6. The predicted molar refractivity (Wildman–Crippen MR) is 124 cm³/mol. The summed E-state index contributed by atoms with van der Waals surface area (Å²) in [6.07, 6.45) is 8.93. The number of aromatic nitrogens is 2. The zero-order chi connectivity index (χ0) is 21.4. The van der Waals surface area contributed by atoms with Crippen LogP contribution < -0.4 is 5.56 Å². The van der Waals surface area contributed by atoms with E-state index in [1.165, 1.54) is 36.2 Å². The van der Waals surface area contributed by atoms with E-state index in [4.69, 9.17) is 0 Å². The number of piperidine rings is 1. The number of nitrogens with zero attached hydrogens (tertiary/aromatic N) is 5. The molecule has 1 aliphatic carbocycles.